The predicted molar refractivity (Wildman–Crippen MR) is 81.4 cm³/mol. The van der Waals surface area contributed by atoms with Crippen molar-refractivity contribution in [2.75, 3.05) is 0 Å². The summed E-state index contributed by atoms with van der Waals surface area (Å²) in [6, 6.07) is 1.40. The van der Waals surface area contributed by atoms with E-state index in [4.69, 9.17) is 5.14 Å². The summed E-state index contributed by atoms with van der Waals surface area (Å²) in [7, 11) is -3.73. The minimum Gasteiger partial charge on any atom is -0.350 e. The standard InChI is InChI=1S/C13H22N2O3S2/c1-3-4-5-6-7-10(2)15-13(16)11-8-12(19-9-11)20(14,17)18/h8-10H,3-7H2,1-2H3,(H,15,16)(H2,14,17,18). The third-order valence-electron chi connectivity index (χ3n) is 2.99. The molecule has 1 aromatic heterocycles. The molecule has 1 unspecified atom stereocenters. The molecule has 0 fully saturated rings. The lowest BCUT2D eigenvalue weighted by molar-refractivity contribution is 0.0938. The molecule has 7 heteroatoms. The molecule has 0 spiro atoms. The Morgan fingerprint density at radius 2 is 2.10 bits per heavy atom. The van der Waals surface area contributed by atoms with Crippen molar-refractivity contribution in [3.8, 4) is 0 Å². The van der Waals surface area contributed by atoms with Gasteiger partial charge in [-0.15, -0.1) is 11.3 Å². The summed E-state index contributed by atoms with van der Waals surface area (Å²) < 4.78 is 22.3. The first-order valence-corrected chi connectivity index (χ1v) is 9.19. The molecule has 0 aliphatic rings. The van der Waals surface area contributed by atoms with Gasteiger partial charge in [-0.2, -0.15) is 0 Å². The smallest absolute Gasteiger partial charge is 0.252 e. The molecule has 5 nitrogen and oxygen atoms in total. The summed E-state index contributed by atoms with van der Waals surface area (Å²) in [5.41, 5.74) is 0.347. The van der Waals surface area contributed by atoms with Crippen LogP contribution in [0.5, 0.6) is 0 Å². The highest BCUT2D eigenvalue weighted by molar-refractivity contribution is 7.91. The van der Waals surface area contributed by atoms with Gasteiger partial charge in [-0.3, -0.25) is 4.79 Å². The van der Waals surface area contributed by atoms with Crippen LogP contribution in [0.1, 0.15) is 56.3 Å². The van der Waals surface area contributed by atoms with Crippen molar-refractivity contribution in [3.05, 3.63) is 17.0 Å². The van der Waals surface area contributed by atoms with Crippen molar-refractivity contribution < 1.29 is 13.2 Å². The number of nitrogens with two attached hydrogens (primary N) is 1. The number of unbranched alkanes of at least 4 members (excludes halogenated alkanes) is 3. The Labute approximate surface area is 124 Å². The summed E-state index contributed by atoms with van der Waals surface area (Å²) in [6.07, 6.45) is 5.58. The Hall–Kier alpha value is -0.920. The summed E-state index contributed by atoms with van der Waals surface area (Å²) in [6.45, 7) is 4.11. The number of rotatable bonds is 8. The molecule has 1 amide bonds. The van der Waals surface area contributed by atoms with Crippen molar-refractivity contribution in [1.82, 2.24) is 5.32 Å². The average molecular weight is 318 g/mol. The minimum atomic E-state index is -3.73. The predicted octanol–water partition coefficient (Wildman–Crippen LogP) is 2.48. The fourth-order valence-electron chi connectivity index (χ4n) is 1.84. The van der Waals surface area contributed by atoms with E-state index in [2.05, 4.69) is 12.2 Å². The van der Waals surface area contributed by atoms with Gasteiger partial charge < -0.3 is 5.32 Å². The summed E-state index contributed by atoms with van der Waals surface area (Å²) >= 11 is 0.963. The van der Waals surface area contributed by atoms with Gasteiger partial charge in [0.15, 0.2) is 0 Å². The van der Waals surface area contributed by atoms with Crippen LogP contribution in [0.2, 0.25) is 0 Å². The largest absolute Gasteiger partial charge is 0.350 e. The van der Waals surface area contributed by atoms with Gasteiger partial charge >= 0.3 is 0 Å². The Morgan fingerprint density at radius 3 is 2.65 bits per heavy atom. The molecule has 0 radical (unpaired) electrons. The second-order valence-electron chi connectivity index (χ2n) is 4.92. The van der Waals surface area contributed by atoms with E-state index in [1.165, 1.54) is 30.7 Å². The van der Waals surface area contributed by atoms with Gasteiger partial charge in [0.2, 0.25) is 10.0 Å². The maximum atomic E-state index is 11.9. The number of hydrogen-bond acceptors (Lipinski definition) is 4. The molecule has 0 aliphatic heterocycles. The van der Waals surface area contributed by atoms with E-state index in [1.54, 1.807) is 0 Å². The van der Waals surface area contributed by atoms with Crippen LogP contribution in [0.25, 0.3) is 0 Å². The second-order valence-corrected chi connectivity index (χ2v) is 7.62. The maximum Gasteiger partial charge on any atom is 0.252 e. The number of sulfonamides is 1. The number of nitrogens with one attached hydrogen (secondary N) is 1. The number of amides is 1. The molecule has 0 saturated carbocycles. The second kappa shape index (κ2) is 7.75. The third-order valence-corrected chi connectivity index (χ3v) is 5.37. The lowest BCUT2D eigenvalue weighted by Crippen LogP contribution is -2.32. The Kier molecular flexibility index (Phi) is 6.64. The minimum absolute atomic E-state index is 0.0123. The number of thiophene rings is 1. The molecule has 20 heavy (non-hydrogen) atoms. The van der Waals surface area contributed by atoms with Crippen LogP contribution in [0.15, 0.2) is 15.7 Å². The highest BCUT2D eigenvalue weighted by Crippen LogP contribution is 2.19. The molecule has 0 saturated heterocycles. The zero-order valence-corrected chi connectivity index (χ0v) is 13.5. The molecule has 0 aromatic carbocycles. The van der Waals surface area contributed by atoms with Gasteiger partial charge in [0.1, 0.15) is 4.21 Å². The van der Waals surface area contributed by atoms with E-state index < -0.39 is 10.0 Å². The van der Waals surface area contributed by atoms with Gasteiger partial charge in [0.05, 0.1) is 5.56 Å². The van der Waals surface area contributed by atoms with Gasteiger partial charge in [-0.05, 0) is 19.4 Å². The molecule has 1 heterocycles. The van der Waals surface area contributed by atoms with Gasteiger partial charge in [0.25, 0.3) is 5.91 Å². The quantitative estimate of drug-likeness (QED) is 0.722. The first-order chi connectivity index (χ1) is 9.34. The first kappa shape index (κ1) is 17.1. The van der Waals surface area contributed by atoms with Crippen LogP contribution in [0, 0.1) is 0 Å². The highest BCUT2D eigenvalue weighted by Gasteiger charge is 2.16. The van der Waals surface area contributed by atoms with Crippen molar-refractivity contribution in [2.24, 2.45) is 5.14 Å². The van der Waals surface area contributed by atoms with E-state index in [9.17, 15) is 13.2 Å². The van der Waals surface area contributed by atoms with E-state index in [0.717, 1.165) is 24.2 Å². The van der Waals surface area contributed by atoms with Crippen molar-refractivity contribution >= 4 is 27.3 Å². The molecule has 3 N–H and O–H groups in total. The zero-order valence-electron chi connectivity index (χ0n) is 11.9. The lowest BCUT2D eigenvalue weighted by Gasteiger charge is -2.12. The normalized spacial score (nSPS) is 13.2. The zero-order chi connectivity index (χ0) is 15.2. The number of primary sulfonamides is 1. The molecule has 114 valence electrons. The van der Waals surface area contributed by atoms with E-state index in [1.807, 2.05) is 6.92 Å². The van der Waals surface area contributed by atoms with Crippen LogP contribution in [-0.2, 0) is 10.0 Å². The van der Waals surface area contributed by atoms with Gasteiger partial charge in [-0.25, -0.2) is 13.6 Å². The Morgan fingerprint density at radius 1 is 1.40 bits per heavy atom. The van der Waals surface area contributed by atoms with Crippen molar-refractivity contribution in [2.45, 2.75) is 56.2 Å². The Bertz CT molecular complexity index is 538. The van der Waals surface area contributed by atoms with Gasteiger partial charge in [0, 0.05) is 11.4 Å². The monoisotopic (exact) mass is 318 g/mol. The molecule has 1 rings (SSSR count). The molecule has 1 aromatic rings. The molecule has 0 bridgehead atoms. The average Bonchev–Trinajstić information content (AvgIpc) is 2.84. The van der Waals surface area contributed by atoms with Crippen LogP contribution in [0.4, 0.5) is 0 Å². The Balaban J connectivity index is 2.48. The lowest BCUT2D eigenvalue weighted by atomic mass is 10.1. The topological polar surface area (TPSA) is 89.3 Å². The van der Waals surface area contributed by atoms with E-state index >= 15 is 0 Å². The fourth-order valence-corrected chi connectivity index (χ4v) is 3.43. The van der Waals surface area contributed by atoms with E-state index in [-0.39, 0.29) is 16.2 Å². The van der Waals surface area contributed by atoms with Crippen LogP contribution < -0.4 is 10.5 Å². The summed E-state index contributed by atoms with van der Waals surface area (Å²) in [4.78, 5) is 11.9. The molecular weight excluding hydrogens is 296 g/mol. The van der Waals surface area contributed by atoms with Crippen molar-refractivity contribution in [3.63, 3.8) is 0 Å². The third kappa shape index (κ3) is 5.60. The SMILES string of the molecule is CCCCCCC(C)NC(=O)c1csc(S(N)(=O)=O)c1. The van der Waals surface area contributed by atoms with Crippen LogP contribution in [-0.4, -0.2) is 20.4 Å². The fraction of sp³-hybridized carbons (Fsp3) is 0.615. The molecule has 1 atom stereocenters. The summed E-state index contributed by atoms with van der Waals surface area (Å²) in [5, 5.41) is 9.40. The molecular formula is C13H22N2O3S2. The molecule has 0 aliphatic carbocycles. The van der Waals surface area contributed by atoms with Crippen molar-refractivity contribution in [1.29, 1.82) is 0 Å². The first-order valence-electron chi connectivity index (χ1n) is 6.76. The number of hydrogen-bond donors (Lipinski definition) is 2. The van der Waals surface area contributed by atoms with E-state index in [0.29, 0.717) is 5.56 Å². The number of carbonyl (C=O) groups is 1. The van der Waals surface area contributed by atoms with Crippen LogP contribution >= 0.6 is 11.3 Å². The highest BCUT2D eigenvalue weighted by atomic mass is 32.2. The summed E-state index contributed by atoms with van der Waals surface area (Å²) in [5.74, 6) is -0.251. The van der Waals surface area contributed by atoms with Crippen LogP contribution in [0.3, 0.4) is 0 Å². The van der Waals surface area contributed by atoms with Gasteiger partial charge in [-0.1, -0.05) is 32.6 Å². The maximum absolute atomic E-state index is 11.9. The number of carbonyl (C=O) groups excluding carboxylic acids is 1.